The number of ketones is 2. The summed E-state index contributed by atoms with van der Waals surface area (Å²) in [6.07, 6.45) is 13.5. The molecule has 0 saturated carbocycles. The van der Waals surface area contributed by atoms with E-state index in [4.69, 9.17) is 11.6 Å². The van der Waals surface area contributed by atoms with E-state index in [0.717, 1.165) is 5.56 Å². The number of pyridine rings is 4. The Morgan fingerprint density at radius 3 is 1.58 bits per heavy atom. The predicted molar refractivity (Wildman–Crippen MR) is 120 cm³/mol. The molecule has 6 nitrogen and oxygen atoms in total. The highest BCUT2D eigenvalue weighted by molar-refractivity contribution is 6.30. The zero-order valence-electron chi connectivity index (χ0n) is 16.9. The standard InChI is InChI=1S/C12H10N2O.C7H7NO.C5H4ClN/c15-12(11-4-2-6-14-9-11)7-10-3-1-5-13-8-10;1-6(9)7-3-2-4-8-5-7;6-5-2-1-3-7-4-5/h1-6,8-9H,7H2;2-5H,1H3;1-4H. The van der Waals surface area contributed by atoms with E-state index in [0.29, 0.717) is 22.6 Å². The van der Waals surface area contributed by atoms with Gasteiger partial charge in [-0.05, 0) is 55.0 Å². The molecular weight excluding hydrogens is 412 g/mol. The van der Waals surface area contributed by atoms with Gasteiger partial charge in [0.15, 0.2) is 11.6 Å². The van der Waals surface area contributed by atoms with Crippen LogP contribution >= 0.6 is 11.6 Å². The van der Waals surface area contributed by atoms with Crippen molar-refractivity contribution in [3.8, 4) is 0 Å². The second kappa shape index (κ2) is 13.5. The lowest BCUT2D eigenvalue weighted by Gasteiger charge is -1.99. The number of hydrogen-bond acceptors (Lipinski definition) is 6. The highest BCUT2D eigenvalue weighted by atomic mass is 35.5. The van der Waals surface area contributed by atoms with E-state index < -0.39 is 0 Å². The zero-order valence-corrected chi connectivity index (χ0v) is 17.7. The number of rotatable bonds is 4. The molecular formula is C24H21ClN4O2. The number of hydrogen-bond donors (Lipinski definition) is 0. The Hall–Kier alpha value is -3.77. The van der Waals surface area contributed by atoms with Gasteiger partial charge < -0.3 is 0 Å². The Kier molecular flexibility index (Phi) is 10.2. The fourth-order valence-electron chi connectivity index (χ4n) is 2.23. The summed E-state index contributed by atoms with van der Waals surface area (Å²) in [4.78, 5) is 37.8. The van der Waals surface area contributed by atoms with Gasteiger partial charge in [0.25, 0.3) is 0 Å². The van der Waals surface area contributed by atoms with Crippen LogP contribution < -0.4 is 0 Å². The highest BCUT2D eigenvalue weighted by Gasteiger charge is 2.06. The summed E-state index contributed by atoms with van der Waals surface area (Å²) in [5.41, 5.74) is 2.23. The molecule has 0 spiro atoms. The summed E-state index contributed by atoms with van der Waals surface area (Å²) < 4.78 is 0. The molecule has 31 heavy (non-hydrogen) atoms. The molecule has 0 saturated heterocycles. The maximum atomic E-state index is 11.7. The molecule has 0 fully saturated rings. The first-order chi connectivity index (χ1) is 15.1. The van der Waals surface area contributed by atoms with Crippen LogP contribution in [0, 0.1) is 0 Å². The summed E-state index contributed by atoms with van der Waals surface area (Å²) in [6, 6.07) is 14.3. The third kappa shape index (κ3) is 9.51. The predicted octanol–water partition coefficient (Wildman–Crippen LogP) is 4.92. The molecule has 0 aliphatic heterocycles. The van der Waals surface area contributed by atoms with E-state index in [9.17, 15) is 9.59 Å². The average molecular weight is 433 g/mol. The summed E-state index contributed by atoms with van der Waals surface area (Å²) >= 11 is 5.48. The highest BCUT2D eigenvalue weighted by Crippen LogP contribution is 2.05. The molecule has 0 atom stereocenters. The van der Waals surface area contributed by atoms with Crippen molar-refractivity contribution in [3.63, 3.8) is 0 Å². The second-order valence-corrected chi connectivity index (χ2v) is 6.61. The first kappa shape index (κ1) is 23.5. The van der Waals surface area contributed by atoms with Gasteiger partial charge in [-0.15, -0.1) is 0 Å². The number of carbonyl (C=O) groups excluding carboxylic acids is 2. The maximum absolute atomic E-state index is 11.7. The van der Waals surface area contributed by atoms with E-state index in [1.807, 2.05) is 12.1 Å². The summed E-state index contributed by atoms with van der Waals surface area (Å²) in [5.74, 6) is 0.124. The van der Waals surface area contributed by atoms with Crippen LogP contribution in [0.25, 0.3) is 0 Å². The molecule has 0 aliphatic rings. The van der Waals surface area contributed by atoms with Crippen molar-refractivity contribution in [2.24, 2.45) is 0 Å². The number of halogens is 1. The fraction of sp³-hybridized carbons (Fsp3) is 0.0833. The SMILES string of the molecule is CC(=O)c1cccnc1.Clc1cccnc1.O=C(Cc1cccnc1)c1cccnc1. The Morgan fingerprint density at radius 2 is 1.23 bits per heavy atom. The van der Waals surface area contributed by atoms with Crippen molar-refractivity contribution >= 4 is 23.2 Å². The molecule has 0 N–H and O–H groups in total. The third-order valence-electron chi connectivity index (χ3n) is 3.76. The fourth-order valence-corrected chi connectivity index (χ4v) is 2.36. The van der Waals surface area contributed by atoms with Crippen LogP contribution in [0.2, 0.25) is 5.02 Å². The molecule has 7 heteroatoms. The lowest BCUT2D eigenvalue weighted by Crippen LogP contribution is -2.03. The molecule has 0 radical (unpaired) electrons. The van der Waals surface area contributed by atoms with Crippen molar-refractivity contribution in [2.75, 3.05) is 0 Å². The van der Waals surface area contributed by atoms with Crippen molar-refractivity contribution in [1.82, 2.24) is 19.9 Å². The summed E-state index contributed by atoms with van der Waals surface area (Å²) in [5, 5.41) is 0.683. The molecule has 0 amide bonds. The van der Waals surface area contributed by atoms with E-state index in [1.54, 1.807) is 86.0 Å². The monoisotopic (exact) mass is 432 g/mol. The van der Waals surface area contributed by atoms with Gasteiger partial charge in [0.1, 0.15) is 0 Å². The van der Waals surface area contributed by atoms with Crippen LogP contribution in [0.3, 0.4) is 0 Å². The average Bonchev–Trinajstić information content (AvgIpc) is 2.82. The number of aromatic nitrogens is 4. The van der Waals surface area contributed by atoms with Gasteiger partial charge in [-0.2, -0.15) is 0 Å². The number of carbonyl (C=O) groups is 2. The van der Waals surface area contributed by atoms with E-state index in [-0.39, 0.29) is 11.6 Å². The lowest BCUT2D eigenvalue weighted by molar-refractivity contribution is 0.0989. The van der Waals surface area contributed by atoms with Crippen LogP contribution in [0.1, 0.15) is 33.2 Å². The number of nitrogens with zero attached hydrogens (tertiary/aromatic N) is 4. The van der Waals surface area contributed by atoms with Crippen molar-refractivity contribution in [1.29, 1.82) is 0 Å². The Morgan fingerprint density at radius 1 is 0.710 bits per heavy atom. The topological polar surface area (TPSA) is 85.7 Å². The molecule has 0 aliphatic carbocycles. The molecule has 4 heterocycles. The normalized spacial score (nSPS) is 9.35. The Balaban J connectivity index is 0.000000181. The smallest absolute Gasteiger partial charge is 0.168 e. The van der Waals surface area contributed by atoms with Crippen LogP contribution in [-0.2, 0) is 6.42 Å². The van der Waals surface area contributed by atoms with Crippen LogP contribution in [0.15, 0.2) is 98.1 Å². The third-order valence-corrected chi connectivity index (χ3v) is 3.99. The van der Waals surface area contributed by atoms with Crippen molar-refractivity contribution in [2.45, 2.75) is 13.3 Å². The minimum absolute atomic E-state index is 0.0584. The summed E-state index contributed by atoms with van der Waals surface area (Å²) in [7, 11) is 0. The summed E-state index contributed by atoms with van der Waals surface area (Å²) in [6.45, 7) is 1.52. The minimum atomic E-state index is 0.0584. The molecule has 4 rings (SSSR count). The van der Waals surface area contributed by atoms with Crippen LogP contribution in [0.4, 0.5) is 0 Å². The largest absolute Gasteiger partial charge is 0.294 e. The molecule has 0 aromatic carbocycles. The van der Waals surface area contributed by atoms with Gasteiger partial charge in [-0.3, -0.25) is 29.5 Å². The van der Waals surface area contributed by atoms with E-state index >= 15 is 0 Å². The maximum Gasteiger partial charge on any atom is 0.168 e. The van der Waals surface area contributed by atoms with Crippen LogP contribution in [0.5, 0.6) is 0 Å². The number of Topliss-reactive ketones (excluding diaryl/α,β-unsaturated/α-hetero) is 2. The van der Waals surface area contributed by atoms with E-state index in [2.05, 4.69) is 19.9 Å². The van der Waals surface area contributed by atoms with Gasteiger partial charge in [0.05, 0.1) is 5.02 Å². The van der Waals surface area contributed by atoms with Crippen molar-refractivity contribution in [3.05, 3.63) is 120 Å². The van der Waals surface area contributed by atoms with Crippen molar-refractivity contribution < 1.29 is 9.59 Å². The van der Waals surface area contributed by atoms with Gasteiger partial charge in [-0.1, -0.05) is 17.7 Å². The van der Waals surface area contributed by atoms with E-state index in [1.165, 1.54) is 6.92 Å². The van der Waals surface area contributed by atoms with Gasteiger partial charge >= 0.3 is 0 Å². The van der Waals surface area contributed by atoms with Gasteiger partial charge in [-0.25, -0.2) is 0 Å². The molecule has 4 aromatic rings. The van der Waals surface area contributed by atoms with Gasteiger partial charge in [0, 0.05) is 67.1 Å². The Labute approximate surface area is 186 Å². The molecule has 0 bridgehead atoms. The molecule has 156 valence electrons. The van der Waals surface area contributed by atoms with Gasteiger partial charge in [0.2, 0.25) is 0 Å². The quantitative estimate of drug-likeness (QED) is 0.425. The molecule has 0 unspecified atom stereocenters. The lowest BCUT2D eigenvalue weighted by atomic mass is 10.1. The first-order valence-electron chi connectivity index (χ1n) is 9.35. The Bertz CT molecular complexity index is 1050. The van der Waals surface area contributed by atoms with Crippen LogP contribution in [-0.4, -0.2) is 31.5 Å². The second-order valence-electron chi connectivity index (χ2n) is 6.17. The minimum Gasteiger partial charge on any atom is -0.294 e. The first-order valence-corrected chi connectivity index (χ1v) is 9.72. The molecule has 4 aromatic heterocycles. The zero-order chi connectivity index (χ0) is 22.3.